The number of carbonyl (C=O) groups is 1. The minimum atomic E-state index is -4.56. The Morgan fingerprint density at radius 2 is 1.94 bits per heavy atom. The van der Waals surface area contributed by atoms with E-state index in [2.05, 4.69) is 4.99 Å². The number of likely N-dealkylation sites (N-methyl/N-ethyl adjacent to an activating group) is 1. The molecule has 1 fully saturated rings. The molecular weight excluding hydrogens is 459 g/mol. The van der Waals surface area contributed by atoms with E-state index >= 15 is 0 Å². The van der Waals surface area contributed by atoms with E-state index in [1.165, 1.54) is 12.2 Å². The van der Waals surface area contributed by atoms with Crippen LogP contribution < -0.4 is 0 Å². The maximum atomic E-state index is 14.2. The fraction of sp³-hybridized carbons (Fsp3) is 0.429. The van der Waals surface area contributed by atoms with Crippen molar-refractivity contribution in [2.75, 3.05) is 20.2 Å². The molecule has 1 aromatic rings. The Kier molecular flexibility index (Phi) is 6.52. The van der Waals surface area contributed by atoms with Gasteiger partial charge in [-0.15, -0.1) is 0 Å². The molecule has 32 heavy (non-hydrogen) atoms. The van der Waals surface area contributed by atoms with Crippen LogP contribution in [-0.2, 0) is 15.1 Å². The van der Waals surface area contributed by atoms with Crippen LogP contribution in [0.15, 0.2) is 46.1 Å². The predicted molar refractivity (Wildman–Crippen MR) is 106 cm³/mol. The number of aliphatic hydroxyl groups is 1. The monoisotopic (exact) mass is 479 g/mol. The highest BCUT2D eigenvalue weighted by Gasteiger charge is 2.49. The van der Waals surface area contributed by atoms with Crippen molar-refractivity contribution in [2.45, 2.75) is 37.6 Å². The first-order valence-electron chi connectivity index (χ1n) is 9.64. The standard InChI is InChI=1S/C21H21ClF5N2O3/c1-20(31,19-13(23)4-3-5-14(19)24)10-18(30)29(2)7-6-12-8-17(32-11-21(25,26)27)28-16(22)9-15(12)29/h3-5,8-9,15,31H,6-7,10-11H2,1-2H3/q+1/t15?,20-,29?/m1/s1. The maximum absolute atomic E-state index is 14.2. The van der Waals surface area contributed by atoms with Crippen LogP contribution in [0.5, 0.6) is 0 Å². The Balaban J connectivity index is 1.85. The van der Waals surface area contributed by atoms with Crippen molar-refractivity contribution in [3.05, 3.63) is 58.3 Å². The van der Waals surface area contributed by atoms with E-state index in [0.717, 1.165) is 25.1 Å². The molecule has 0 spiro atoms. The van der Waals surface area contributed by atoms with E-state index < -0.39 is 54.0 Å². The lowest BCUT2D eigenvalue weighted by Crippen LogP contribution is -2.54. The lowest BCUT2D eigenvalue weighted by Gasteiger charge is -2.34. The summed E-state index contributed by atoms with van der Waals surface area (Å²) in [4.78, 5) is 17.0. The van der Waals surface area contributed by atoms with Gasteiger partial charge in [-0.1, -0.05) is 17.7 Å². The van der Waals surface area contributed by atoms with E-state index in [9.17, 15) is 31.9 Å². The number of nitrogens with zero attached hydrogens (tertiary/aromatic N) is 2. The fourth-order valence-electron chi connectivity index (χ4n) is 3.99. The van der Waals surface area contributed by atoms with Crippen LogP contribution in [0.3, 0.4) is 0 Å². The molecule has 2 aliphatic heterocycles. The minimum absolute atomic E-state index is 0.163. The Bertz CT molecular complexity index is 999. The molecule has 2 heterocycles. The third-order valence-corrected chi connectivity index (χ3v) is 5.84. The van der Waals surface area contributed by atoms with Crippen LogP contribution >= 0.6 is 11.6 Å². The van der Waals surface area contributed by atoms with Gasteiger partial charge in [0.05, 0.1) is 25.6 Å². The van der Waals surface area contributed by atoms with Crippen LogP contribution in [0, 0.1) is 11.6 Å². The lowest BCUT2D eigenvalue weighted by atomic mass is 9.90. The van der Waals surface area contributed by atoms with Crippen LogP contribution in [0.2, 0.25) is 0 Å². The van der Waals surface area contributed by atoms with Crippen LogP contribution in [0.4, 0.5) is 22.0 Å². The number of carbonyl (C=O) groups excluding carboxylic acids is 1. The van der Waals surface area contributed by atoms with Gasteiger partial charge in [0.25, 0.3) is 0 Å². The molecule has 1 N–H and O–H groups in total. The predicted octanol–water partition coefficient (Wildman–Crippen LogP) is 4.31. The van der Waals surface area contributed by atoms with Gasteiger partial charge in [-0.2, -0.15) is 13.2 Å². The third-order valence-electron chi connectivity index (χ3n) is 5.63. The quantitative estimate of drug-likeness (QED) is 0.398. The summed E-state index contributed by atoms with van der Waals surface area (Å²) in [6.45, 7) is -0.168. The van der Waals surface area contributed by atoms with E-state index in [1.54, 1.807) is 7.05 Å². The summed E-state index contributed by atoms with van der Waals surface area (Å²) in [6.07, 6.45) is -2.12. The topological polar surface area (TPSA) is 58.9 Å². The number of rotatable bonds is 4. The molecule has 5 nitrogen and oxygen atoms in total. The van der Waals surface area contributed by atoms with Crippen molar-refractivity contribution < 1.29 is 41.1 Å². The number of likely N-dealkylation sites (tertiary alicyclic amines) is 1. The number of halogens is 6. The van der Waals surface area contributed by atoms with Crippen molar-refractivity contribution in [3.63, 3.8) is 0 Å². The van der Waals surface area contributed by atoms with E-state index in [1.807, 2.05) is 0 Å². The van der Waals surface area contributed by atoms with Gasteiger partial charge in [-0.05, 0) is 19.1 Å². The molecule has 0 aliphatic carbocycles. The summed E-state index contributed by atoms with van der Waals surface area (Å²) >= 11 is 6.04. The molecule has 1 amide bonds. The first kappa shape index (κ1) is 24.3. The fourth-order valence-corrected chi connectivity index (χ4v) is 4.20. The normalized spacial score (nSPS) is 25.2. The number of quaternary nitrogens is 1. The van der Waals surface area contributed by atoms with Crippen LogP contribution in [-0.4, -0.2) is 53.8 Å². The number of aliphatic imine (C=N–C) groups is 1. The second kappa shape index (κ2) is 8.57. The SMILES string of the molecule is C[C@@](O)(CC(=O)[N+]1(C)CCC2=CC(OCC(F)(F)F)=NC(Cl)=CC21)c1c(F)cccc1F. The highest BCUT2D eigenvalue weighted by Crippen LogP contribution is 2.38. The average molecular weight is 480 g/mol. The molecule has 0 saturated carbocycles. The number of hydrogen-bond donors (Lipinski definition) is 1. The molecule has 0 bridgehead atoms. The Morgan fingerprint density at radius 1 is 1.31 bits per heavy atom. The second-order valence-electron chi connectivity index (χ2n) is 8.19. The maximum Gasteiger partial charge on any atom is 0.422 e. The van der Waals surface area contributed by atoms with E-state index in [4.69, 9.17) is 16.3 Å². The smallest absolute Gasteiger partial charge is 0.422 e. The van der Waals surface area contributed by atoms with E-state index in [0.29, 0.717) is 12.0 Å². The zero-order chi connectivity index (χ0) is 23.9. The first-order valence-corrected chi connectivity index (χ1v) is 10.0. The summed E-state index contributed by atoms with van der Waals surface area (Å²) < 4.78 is 70.2. The van der Waals surface area contributed by atoms with Crippen molar-refractivity contribution in [3.8, 4) is 0 Å². The largest absolute Gasteiger partial charge is 0.468 e. The minimum Gasteiger partial charge on any atom is -0.468 e. The molecule has 1 saturated heterocycles. The van der Waals surface area contributed by atoms with Crippen molar-refractivity contribution in [1.29, 1.82) is 0 Å². The molecule has 11 heteroatoms. The molecule has 2 aliphatic rings. The number of fused-ring (bicyclic) bond motifs is 1. The van der Waals surface area contributed by atoms with Crippen LogP contribution in [0.25, 0.3) is 0 Å². The van der Waals surface area contributed by atoms with Gasteiger partial charge >= 0.3 is 12.1 Å². The molecular formula is C21H21ClF5N2O3+. The molecule has 2 unspecified atom stereocenters. The van der Waals surface area contributed by atoms with E-state index in [-0.39, 0.29) is 22.1 Å². The summed E-state index contributed by atoms with van der Waals surface area (Å²) in [5.41, 5.74) is -2.18. The molecule has 0 radical (unpaired) electrons. The number of hydrogen-bond acceptors (Lipinski definition) is 4. The number of alkyl halides is 3. The summed E-state index contributed by atoms with van der Waals surface area (Å²) in [7, 11) is 1.56. The first-order chi connectivity index (χ1) is 14.7. The second-order valence-corrected chi connectivity index (χ2v) is 8.58. The lowest BCUT2D eigenvalue weighted by molar-refractivity contribution is -0.837. The third kappa shape index (κ3) is 5.02. The highest BCUT2D eigenvalue weighted by atomic mass is 35.5. The highest BCUT2D eigenvalue weighted by molar-refractivity contribution is 6.30. The molecule has 0 aromatic heterocycles. The molecule has 1 aromatic carbocycles. The Hall–Kier alpha value is -2.30. The van der Waals surface area contributed by atoms with Gasteiger partial charge in [-0.25, -0.2) is 18.6 Å². The average Bonchev–Trinajstić information content (AvgIpc) is 2.86. The van der Waals surface area contributed by atoms with Crippen molar-refractivity contribution in [1.82, 2.24) is 0 Å². The summed E-state index contributed by atoms with van der Waals surface area (Å²) in [6, 6.07) is 2.43. The van der Waals surface area contributed by atoms with Gasteiger partial charge in [0.2, 0.25) is 5.90 Å². The van der Waals surface area contributed by atoms with Crippen molar-refractivity contribution >= 4 is 23.4 Å². The number of amides is 1. The van der Waals surface area contributed by atoms with Gasteiger partial charge < -0.3 is 9.84 Å². The van der Waals surface area contributed by atoms with Gasteiger partial charge in [0, 0.05) is 24.1 Å². The summed E-state index contributed by atoms with van der Waals surface area (Å²) in [5, 5.41) is 10.6. The zero-order valence-corrected chi connectivity index (χ0v) is 18.0. The van der Waals surface area contributed by atoms with Gasteiger partial charge in [-0.3, -0.25) is 4.48 Å². The molecule has 3 rings (SSSR count). The van der Waals surface area contributed by atoms with Crippen LogP contribution in [0.1, 0.15) is 25.3 Å². The zero-order valence-electron chi connectivity index (χ0n) is 17.2. The summed E-state index contributed by atoms with van der Waals surface area (Å²) in [5.74, 6) is -2.83. The molecule has 174 valence electrons. The Morgan fingerprint density at radius 3 is 2.53 bits per heavy atom. The van der Waals surface area contributed by atoms with Gasteiger partial charge in [0.15, 0.2) is 6.61 Å². The Labute approximate surface area is 186 Å². The van der Waals surface area contributed by atoms with Gasteiger partial charge in [0.1, 0.15) is 28.4 Å². The van der Waals surface area contributed by atoms with Crippen molar-refractivity contribution in [2.24, 2.45) is 4.99 Å². The number of benzene rings is 1. The molecule has 3 atom stereocenters. The number of ether oxygens (including phenoxy) is 1.